The lowest BCUT2D eigenvalue weighted by atomic mass is 9.94. The average Bonchev–Trinajstić information content (AvgIpc) is 2.33. The molecule has 1 fully saturated rings. The van der Waals surface area contributed by atoms with Gasteiger partial charge >= 0.3 is 0 Å². The Morgan fingerprint density at radius 3 is 3.19 bits per heavy atom. The second kappa shape index (κ2) is 4.65. The van der Waals surface area contributed by atoms with Crippen LogP contribution in [0.1, 0.15) is 31.4 Å². The SMILES string of the molecule is CCN1CCCC(c2cc(N)c(=O)[nH]n2)C1. The number of likely N-dealkylation sites (tertiary alicyclic amines) is 1. The fourth-order valence-electron chi connectivity index (χ4n) is 2.23. The number of aromatic amines is 1. The number of nitrogens with one attached hydrogen (secondary N) is 1. The normalized spacial score (nSPS) is 22.2. The van der Waals surface area contributed by atoms with Crippen LogP contribution in [0.25, 0.3) is 0 Å². The molecule has 1 aromatic heterocycles. The first kappa shape index (κ1) is 11.1. The van der Waals surface area contributed by atoms with Crippen LogP contribution < -0.4 is 11.3 Å². The van der Waals surface area contributed by atoms with Crippen molar-refractivity contribution in [2.24, 2.45) is 0 Å². The lowest BCUT2D eigenvalue weighted by Gasteiger charge is -2.31. The second-order valence-electron chi connectivity index (χ2n) is 4.31. The Bertz CT molecular complexity index is 415. The number of likely N-dealkylation sites (N-methyl/N-ethyl adjacent to an activating group) is 1. The van der Waals surface area contributed by atoms with E-state index in [1.54, 1.807) is 6.07 Å². The summed E-state index contributed by atoms with van der Waals surface area (Å²) in [5.41, 5.74) is 6.47. The Hall–Kier alpha value is -1.36. The number of hydrogen-bond donors (Lipinski definition) is 2. The van der Waals surface area contributed by atoms with E-state index in [1.807, 2.05) is 0 Å². The zero-order valence-corrected chi connectivity index (χ0v) is 9.57. The summed E-state index contributed by atoms with van der Waals surface area (Å²) in [4.78, 5) is 13.5. The average molecular weight is 222 g/mol. The van der Waals surface area contributed by atoms with Crippen LogP contribution in [0.3, 0.4) is 0 Å². The van der Waals surface area contributed by atoms with E-state index >= 15 is 0 Å². The highest BCUT2D eigenvalue weighted by molar-refractivity contribution is 5.35. The third kappa shape index (κ3) is 2.24. The van der Waals surface area contributed by atoms with E-state index in [1.165, 1.54) is 6.42 Å². The summed E-state index contributed by atoms with van der Waals surface area (Å²) in [6, 6.07) is 1.71. The predicted molar refractivity (Wildman–Crippen MR) is 63.4 cm³/mol. The van der Waals surface area contributed by atoms with E-state index in [0.29, 0.717) is 5.92 Å². The van der Waals surface area contributed by atoms with Crippen molar-refractivity contribution in [3.8, 4) is 0 Å². The van der Waals surface area contributed by atoms with Crippen molar-refractivity contribution in [3.63, 3.8) is 0 Å². The third-order valence-electron chi connectivity index (χ3n) is 3.22. The number of piperidine rings is 1. The topological polar surface area (TPSA) is 75.0 Å². The van der Waals surface area contributed by atoms with Crippen LogP contribution in [0.2, 0.25) is 0 Å². The van der Waals surface area contributed by atoms with Gasteiger partial charge in [-0.1, -0.05) is 6.92 Å². The fourth-order valence-corrected chi connectivity index (χ4v) is 2.23. The van der Waals surface area contributed by atoms with Crippen LogP contribution in [-0.4, -0.2) is 34.7 Å². The molecule has 1 unspecified atom stereocenters. The first-order valence-electron chi connectivity index (χ1n) is 5.78. The molecule has 0 saturated carbocycles. The van der Waals surface area contributed by atoms with Gasteiger partial charge in [0.2, 0.25) is 0 Å². The van der Waals surface area contributed by atoms with E-state index in [-0.39, 0.29) is 11.2 Å². The van der Waals surface area contributed by atoms with Gasteiger partial charge in [0.25, 0.3) is 5.56 Å². The lowest BCUT2D eigenvalue weighted by Crippen LogP contribution is -2.34. The van der Waals surface area contributed by atoms with Crippen molar-refractivity contribution < 1.29 is 0 Å². The summed E-state index contributed by atoms with van der Waals surface area (Å²) in [5.74, 6) is 0.396. The molecule has 0 radical (unpaired) electrons. The monoisotopic (exact) mass is 222 g/mol. The van der Waals surface area contributed by atoms with Crippen LogP contribution in [0.15, 0.2) is 10.9 Å². The summed E-state index contributed by atoms with van der Waals surface area (Å²) < 4.78 is 0. The summed E-state index contributed by atoms with van der Waals surface area (Å²) >= 11 is 0. The Kier molecular flexibility index (Phi) is 3.24. The van der Waals surface area contributed by atoms with Gasteiger partial charge in [-0.25, -0.2) is 5.10 Å². The summed E-state index contributed by atoms with van der Waals surface area (Å²) in [7, 11) is 0. The molecule has 0 aromatic carbocycles. The molecule has 5 nitrogen and oxygen atoms in total. The summed E-state index contributed by atoms with van der Waals surface area (Å²) in [5, 5.41) is 6.54. The summed E-state index contributed by atoms with van der Waals surface area (Å²) in [6.07, 6.45) is 2.30. The van der Waals surface area contributed by atoms with Crippen molar-refractivity contribution in [1.82, 2.24) is 15.1 Å². The number of anilines is 1. The lowest BCUT2D eigenvalue weighted by molar-refractivity contribution is 0.215. The fraction of sp³-hybridized carbons (Fsp3) is 0.636. The van der Waals surface area contributed by atoms with Crippen molar-refractivity contribution in [2.75, 3.05) is 25.4 Å². The van der Waals surface area contributed by atoms with Crippen molar-refractivity contribution in [1.29, 1.82) is 0 Å². The van der Waals surface area contributed by atoms with Crippen LogP contribution in [0.4, 0.5) is 5.69 Å². The molecular formula is C11H18N4O. The second-order valence-corrected chi connectivity index (χ2v) is 4.31. The number of nitrogen functional groups attached to an aromatic ring is 1. The van der Waals surface area contributed by atoms with Gasteiger partial charge < -0.3 is 10.6 Å². The molecule has 1 aliphatic rings. The van der Waals surface area contributed by atoms with Crippen LogP contribution in [0.5, 0.6) is 0 Å². The Morgan fingerprint density at radius 2 is 2.50 bits per heavy atom. The largest absolute Gasteiger partial charge is 0.394 e. The van der Waals surface area contributed by atoms with Gasteiger partial charge in [0.1, 0.15) is 5.69 Å². The first-order valence-corrected chi connectivity index (χ1v) is 5.78. The quantitative estimate of drug-likeness (QED) is 0.766. The Morgan fingerprint density at radius 1 is 1.69 bits per heavy atom. The maximum atomic E-state index is 11.1. The molecule has 1 saturated heterocycles. The van der Waals surface area contributed by atoms with E-state index < -0.39 is 0 Å². The van der Waals surface area contributed by atoms with Crippen LogP contribution in [0, 0.1) is 0 Å². The van der Waals surface area contributed by atoms with E-state index in [4.69, 9.17) is 5.73 Å². The molecule has 0 aliphatic carbocycles. The molecule has 88 valence electrons. The van der Waals surface area contributed by atoms with Gasteiger partial charge in [0, 0.05) is 12.5 Å². The zero-order chi connectivity index (χ0) is 11.5. The highest BCUT2D eigenvalue weighted by Gasteiger charge is 2.21. The van der Waals surface area contributed by atoms with E-state index in [2.05, 4.69) is 22.0 Å². The van der Waals surface area contributed by atoms with E-state index in [9.17, 15) is 4.79 Å². The molecule has 1 aromatic rings. The van der Waals surface area contributed by atoms with Crippen LogP contribution >= 0.6 is 0 Å². The standard InChI is InChI=1S/C11H18N4O/c1-2-15-5-3-4-8(7-15)10-6-9(12)11(16)14-13-10/h6,8H,2-5,7H2,1H3,(H2,12,13)(H,14,16). The van der Waals surface area contributed by atoms with Gasteiger partial charge in [-0.15, -0.1) is 0 Å². The van der Waals surface area contributed by atoms with E-state index in [0.717, 1.165) is 31.7 Å². The van der Waals surface area contributed by atoms with Crippen molar-refractivity contribution >= 4 is 5.69 Å². The Balaban J connectivity index is 2.17. The van der Waals surface area contributed by atoms with Gasteiger partial charge in [0.05, 0.1) is 5.69 Å². The molecule has 0 bridgehead atoms. The predicted octanol–water partition coefficient (Wildman–Crippen LogP) is 0.551. The van der Waals surface area contributed by atoms with Crippen LogP contribution in [-0.2, 0) is 0 Å². The maximum absolute atomic E-state index is 11.1. The molecule has 5 heteroatoms. The molecular weight excluding hydrogens is 204 g/mol. The van der Waals surface area contributed by atoms with Crippen molar-refractivity contribution in [2.45, 2.75) is 25.7 Å². The molecule has 3 N–H and O–H groups in total. The van der Waals surface area contributed by atoms with Gasteiger partial charge in [0.15, 0.2) is 0 Å². The molecule has 2 heterocycles. The maximum Gasteiger partial charge on any atom is 0.287 e. The number of nitrogens with zero attached hydrogens (tertiary/aromatic N) is 2. The zero-order valence-electron chi connectivity index (χ0n) is 9.57. The smallest absolute Gasteiger partial charge is 0.287 e. The number of H-pyrrole nitrogens is 1. The molecule has 1 atom stereocenters. The number of nitrogens with two attached hydrogens (primary N) is 1. The number of hydrogen-bond acceptors (Lipinski definition) is 4. The molecule has 0 spiro atoms. The minimum absolute atomic E-state index is 0.263. The molecule has 2 rings (SSSR count). The molecule has 0 amide bonds. The van der Waals surface area contributed by atoms with Gasteiger partial charge in [-0.3, -0.25) is 4.79 Å². The first-order chi connectivity index (χ1) is 7.70. The molecule has 16 heavy (non-hydrogen) atoms. The third-order valence-corrected chi connectivity index (χ3v) is 3.22. The van der Waals surface area contributed by atoms with Crippen molar-refractivity contribution in [3.05, 3.63) is 22.1 Å². The highest BCUT2D eigenvalue weighted by atomic mass is 16.1. The minimum atomic E-state index is -0.299. The Labute approximate surface area is 94.6 Å². The number of rotatable bonds is 2. The minimum Gasteiger partial charge on any atom is -0.394 e. The summed E-state index contributed by atoms with van der Waals surface area (Å²) in [6.45, 7) is 5.40. The number of aromatic nitrogens is 2. The highest BCUT2D eigenvalue weighted by Crippen LogP contribution is 2.25. The molecule has 1 aliphatic heterocycles. The van der Waals surface area contributed by atoms with Gasteiger partial charge in [-0.2, -0.15) is 5.10 Å². The van der Waals surface area contributed by atoms with Gasteiger partial charge in [-0.05, 0) is 32.0 Å².